The lowest BCUT2D eigenvalue weighted by Gasteiger charge is -2.10. The highest BCUT2D eigenvalue weighted by Crippen LogP contribution is 2.39. The van der Waals surface area contributed by atoms with E-state index in [0.717, 1.165) is 0 Å². The molecular weight excluding hydrogens is 344 g/mol. The topological polar surface area (TPSA) is 95.3 Å². The van der Waals surface area contributed by atoms with Crippen molar-refractivity contribution in [2.24, 2.45) is 0 Å². The van der Waals surface area contributed by atoms with Crippen molar-refractivity contribution in [1.29, 1.82) is 0 Å². The number of nitrogens with one attached hydrogen (secondary N) is 1. The van der Waals surface area contributed by atoms with Crippen LogP contribution in [0.15, 0.2) is 30.3 Å². The Kier molecular flexibility index (Phi) is 4.67. The maximum Gasteiger partial charge on any atom is 0.185 e. The number of nitrogen functional groups attached to an aromatic ring is 1. The first kappa shape index (κ1) is 16.9. The van der Waals surface area contributed by atoms with Gasteiger partial charge in [-0.3, -0.25) is 5.10 Å². The van der Waals surface area contributed by atoms with E-state index < -0.39 is 0 Å². The molecule has 1 heterocycles. The van der Waals surface area contributed by atoms with Crippen LogP contribution in [0.3, 0.4) is 0 Å². The van der Waals surface area contributed by atoms with Crippen molar-refractivity contribution >= 4 is 17.3 Å². The highest BCUT2D eigenvalue weighted by atomic mass is 35.5. The van der Waals surface area contributed by atoms with Gasteiger partial charge in [-0.1, -0.05) is 17.7 Å². The Labute approximate surface area is 149 Å². The van der Waals surface area contributed by atoms with Crippen LogP contribution in [0, 0.1) is 0 Å². The number of hydrogen-bond donors (Lipinski definition) is 2. The zero-order chi connectivity index (χ0) is 18.0. The summed E-state index contributed by atoms with van der Waals surface area (Å²) in [6.07, 6.45) is 0. The predicted molar refractivity (Wildman–Crippen MR) is 96.3 cm³/mol. The lowest BCUT2D eigenvalue weighted by atomic mass is 10.1. The Morgan fingerprint density at radius 2 is 1.64 bits per heavy atom. The summed E-state index contributed by atoms with van der Waals surface area (Å²) in [6.45, 7) is 0. The summed E-state index contributed by atoms with van der Waals surface area (Å²) >= 11 is 6.13. The molecule has 0 amide bonds. The molecule has 0 spiro atoms. The van der Waals surface area contributed by atoms with Gasteiger partial charge in [0.05, 0.1) is 37.6 Å². The van der Waals surface area contributed by atoms with Gasteiger partial charge in [0, 0.05) is 6.07 Å². The van der Waals surface area contributed by atoms with Gasteiger partial charge in [-0.05, 0) is 18.2 Å². The summed E-state index contributed by atoms with van der Waals surface area (Å²) < 4.78 is 16.2. The summed E-state index contributed by atoms with van der Waals surface area (Å²) in [7, 11) is 4.71. The molecule has 1 aromatic heterocycles. The summed E-state index contributed by atoms with van der Waals surface area (Å²) in [5.41, 5.74) is 7.54. The molecule has 0 unspecified atom stereocenters. The van der Waals surface area contributed by atoms with Gasteiger partial charge in [-0.2, -0.15) is 5.10 Å². The smallest absolute Gasteiger partial charge is 0.185 e. The van der Waals surface area contributed by atoms with E-state index in [2.05, 4.69) is 15.2 Å². The Balaban J connectivity index is 2.13. The second kappa shape index (κ2) is 6.90. The number of nitrogens with two attached hydrogens (primary N) is 1. The van der Waals surface area contributed by atoms with Gasteiger partial charge in [0.25, 0.3) is 0 Å². The maximum atomic E-state index is 6.13. The molecule has 8 heteroatoms. The van der Waals surface area contributed by atoms with Crippen molar-refractivity contribution < 1.29 is 14.2 Å². The number of H-pyrrole nitrogens is 1. The van der Waals surface area contributed by atoms with Crippen LogP contribution in [0.5, 0.6) is 17.2 Å². The first-order valence-electron chi connectivity index (χ1n) is 7.36. The molecular formula is C17H17ClN4O3. The van der Waals surface area contributed by atoms with Gasteiger partial charge >= 0.3 is 0 Å². The Hall–Kier alpha value is -2.93. The van der Waals surface area contributed by atoms with Gasteiger partial charge in [-0.15, -0.1) is 0 Å². The van der Waals surface area contributed by atoms with Gasteiger partial charge in [0.2, 0.25) is 0 Å². The number of benzene rings is 2. The monoisotopic (exact) mass is 360 g/mol. The summed E-state index contributed by atoms with van der Waals surface area (Å²) in [5, 5.41) is 7.57. The van der Waals surface area contributed by atoms with Gasteiger partial charge in [0.1, 0.15) is 22.8 Å². The van der Waals surface area contributed by atoms with Gasteiger partial charge < -0.3 is 19.9 Å². The van der Waals surface area contributed by atoms with Crippen molar-refractivity contribution in [1.82, 2.24) is 15.2 Å². The first-order valence-corrected chi connectivity index (χ1v) is 7.74. The fourth-order valence-corrected chi connectivity index (χ4v) is 2.66. The second-order valence-corrected chi connectivity index (χ2v) is 5.53. The number of hydrogen-bond acceptors (Lipinski definition) is 6. The number of aromatic nitrogens is 3. The molecule has 130 valence electrons. The third-order valence-electron chi connectivity index (χ3n) is 3.71. The maximum absolute atomic E-state index is 6.13. The molecule has 3 N–H and O–H groups in total. The molecule has 7 nitrogen and oxygen atoms in total. The number of halogens is 1. The Bertz CT molecular complexity index is 889. The fraction of sp³-hybridized carbons (Fsp3) is 0.176. The van der Waals surface area contributed by atoms with Crippen molar-refractivity contribution in [3.63, 3.8) is 0 Å². The van der Waals surface area contributed by atoms with Crippen molar-refractivity contribution in [3.05, 3.63) is 35.4 Å². The SMILES string of the molecule is COc1cc(N)c(Cl)cc1-c1n[nH]c(-c2c(OC)cccc2OC)n1. The highest BCUT2D eigenvalue weighted by molar-refractivity contribution is 6.33. The summed E-state index contributed by atoms with van der Waals surface area (Å²) in [5.74, 6) is 2.68. The fourth-order valence-electron chi connectivity index (χ4n) is 2.49. The zero-order valence-corrected chi connectivity index (χ0v) is 14.7. The van der Waals surface area contributed by atoms with Crippen LogP contribution < -0.4 is 19.9 Å². The number of anilines is 1. The predicted octanol–water partition coefficient (Wildman–Crippen LogP) is 3.40. The molecule has 0 aliphatic heterocycles. The van der Waals surface area contributed by atoms with E-state index >= 15 is 0 Å². The molecule has 0 aliphatic carbocycles. The van der Waals surface area contributed by atoms with Gasteiger partial charge in [0.15, 0.2) is 11.6 Å². The largest absolute Gasteiger partial charge is 0.496 e. The van der Waals surface area contributed by atoms with Crippen LogP contribution >= 0.6 is 11.6 Å². The molecule has 0 aliphatic rings. The van der Waals surface area contributed by atoms with Crippen molar-refractivity contribution in [2.75, 3.05) is 27.1 Å². The molecule has 0 saturated carbocycles. The molecule has 0 atom stereocenters. The molecule has 0 saturated heterocycles. The summed E-state index contributed by atoms with van der Waals surface area (Å²) in [4.78, 5) is 4.54. The standard InChI is InChI=1S/C17H17ClN4O3/c1-23-12-5-4-6-13(24-2)15(12)17-20-16(21-22-17)9-7-10(18)11(19)8-14(9)25-3/h4-8H,19H2,1-3H3,(H,20,21,22). The Morgan fingerprint density at radius 3 is 2.24 bits per heavy atom. The molecule has 3 aromatic rings. The quantitative estimate of drug-likeness (QED) is 0.677. The normalized spacial score (nSPS) is 10.6. The van der Waals surface area contributed by atoms with E-state index in [0.29, 0.717) is 50.7 Å². The van der Waals surface area contributed by atoms with Crippen molar-refractivity contribution in [3.8, 4) is 40.0 Å². The van der Waals surface area contributed by atoms with Crippen LogP contribution in [0.2, 0.25) is 5.02 Å². The number of methoxy groups -OCH3 is 3. The number of rotatable bonds is 5. The number of ether oxygens (including phenoxy) is 3. The van der Waals surface area contributed by atoms with Crippen molar-refractivity contribution in [2.45, 2.75) is 0 Å². The minimum absolute atomic E-state index is 0.400. The third kappa shape index (κ3) is 3.06. The average molecular weight is 361 g/mol. The molecule has 2 aromatic carbocycles. The minimum atomic E-state index is 0.400. The number of nitrogens with zero attached hydrogens (tertiary/aromatic N) is 2. The van der Waals surface area contributed by atoms with E-state index in [1.807, 2.05) is 18.2 Å². The summed E-state index contributed by atoms with van der Waals surface area (Å²) in [6, 6.07) is 8.78. The van der Waals surface area contributed by atoms with Crippen LogP contribution in [0.4, 0.5) is 5.69 Å². The van der Waals surface area contributed by atoms with Crippen LogP contribution in [0.25, 0.3) is 22.8 Å². The minimum Gasteiger partial charge on any atom is -0.496 e. The molecule has 0 bridgehead atoms. The lowest BCUT2D eigenvalue weighted by molar-refractivity contribution is 0.397. The number of aromatic amines is 1. The van der Waals surface area contributed by atoms with E-state index in [9.17, 15) is 0 Å². The molecule has 0 radical (unpaired) electrons. The van der Waals surface area contributed by atoms with E-state index in [4.69, 9.17) is 31.5 Å². The average Bonchev–Trinajstić information content (AvgIpc) is 3.12. The van der Waals surface area contributed by atoms with Gasteiger partial charge in [-0.25, -0.2) is 4.98 Å². The molecule has 25 heavy (non-hydrogen) atoms. The van der Waals surface area contributed by atoms with Crippen LogP contribution in [0.1, 0.15) is 0 Å². The first-order chi connectivity index (χ1) is 12.1. The lowest BCUT2D eigenvalue weighted by Crippen LogP contribution is -1.95. The van der Waals surface area contributed by atoms with Crippen LogP contribution in [-0.4, -0.2) is 36.5 Å². The van der Waals surface area contributed by atoms with E-state index in [-0.39, 0.29) is 0 Å². The third-order valence-corrected chi connectivity index (χ3v) is 4.04. The Morgan fingerprint density at radius 1 is 1.00 bits per heavy atom. The van der Waals surface area contributed by atoms with Crippen LogP contribution in [-0.2, 0) is 0 Å². The molecule has 3 rings (SSSR count). The van der Waals surface area contributed by atoms with E-state index in [1.165, 1.54) is 0 Å². The molecule has 0 fully saturated rings. The zero-order valence-electron chi connectivity index (χ0n) is 14.0. The van der Waals surface area contributed by atoms with E-state index in [1.54, 1.807) is 33.5 Å². The second-order valence-electron chi connectivity index (χ2n) is 5.12. The highest BCUT2D eigenvalue weighted by Gasteiger charge is 2.19.